The Labute approximate surface area is 163 Å². The molecule has 8 heteroatoms. The van der Waals surface area contributed by atoms with Crippen molar-refractivity contribution < 1.29 is 13.2 Å². The van der Waals surface area contributed by atoms with Gasteiger partial charge in [0.2, 0.25) is 10.0 Å². The van der Waals surface area contributed by atoms with E-state index in [-0.39, 0.29) is 17.2 Å². The predicted molar refractivity (Wildman–Crippen MR) is 106 cm³/mol. The lowest BCUT2D eigenvalue weighted by molar-refractivity contribution is 0.101. The molecular weight excluding hydrogens is 382 g/mol. The normalized spacial score (nSPS) is 17.6. The number of carbonyl (C=O) groups excluding carboxylic acids is 1. The number of nitrogens with one attached hydrogen (secondary N) is 1. The Kier molecular flexibility index (Phi) is 5.29. The molecule has 1 saturated heterocycles. The number of thiazole rings is 1. The average molecular weight is 406 g/mol. The number of ketones is 1. The quantitative estimate of drug-likeness (QED) is 0.747. The maximum atomic E-state index is 12.5. The second-order valence-corrected chi connectivity index (χ2v) is 10.0. The summed E-state index contributed by atoms with van der Waals surface area (Å²) in [5.41, 5.74) is 1.67. The third-order valence-corrected chi connectivity index (χ3v) is 8.15. The van der Waals surface area contributed by atoms with Gasteiger partial charge in [-0.05, 0) is 62.8 Å². The van der Waals surface area contributed by atoms with Crippen molar-refractivity contribution in [2.45, 2.75) is 43.4 Å². The van der Waals surface area contributed by atoms with E-state index in [1.54, 1.807) is 23.5 Å². The first-order chi connectivity index (χ1) is 13.0. The van der Waals surface area contributed by atoms with Crippen molar-refractivity contribution in [1.29, 1.82) is 0 Å². The molecule has 1 aromatic carbocycles. The molecule has 1 N–H and O–H groups in total. The van der Waals surface area contributed by atoms with E-state index in [2.05, 4.69) is 10.3 Å². The lowest BCUT2D eigenvalue weighted by Gasteiger charge is -2.15. The molecule has 1 fully saturated rings. The Balaban J connectivity index is 1.39. The third-order valence-electron chi connectivity index (χ3n) is 5.12. The molecule has 2 aromatic rings. The SMILES string of the molecule is O=C(CNc1nc2c(s1)CCCC2)c1ccc(S(=O)(=O)N2CCCC2)cc1. The Morgan fingerprint density at radius 2 is 1.78 bits per heavy atom. The molecule has 0 unspecified atom stereocenters. The molecule has 0 amide bonds. The highest BCUT2D eigenvalue weighted by molar-refractivity contribution is 7.89. The Morgan fingerprint density at radius 1 is 1.07 bits per heavy atom. The number of fused-ring (bicyclic) bond motifs is 1. The first-order valence-corrected chi connectivity index (χ1v) is 11.7. The summed E-state index contributed by atoms with van der Waals surface area (Å²) in [6.07, 6.45) is 6.30. The molecule has 0 saturated carbocycles. The zero-order valence-corrected chi connectivity index (χ0v) is 16.7. The number of hydrogen-bond donors (Lipinski definition) is 1. The van der Waals surface area contributed by atoms with Crippen LogP contribution in [-0.2, 0) is 22.9 Å². The molecule has 0 spiro atoms. The van der Waals surface area contributed by atoms with Crippen molar-refractivity contribution in [3.8, 4) is 0 Å². The molecule has 2 heterocycles. The van der Waals surface area contributed by atoms with E-state index in [1.165, 1.54) is 34.2 Å². The highest BCUT2D eigenvalue weighted by atomic mass is 32.2. The maximum absolute atomic E-state index is 12.5. The van der Waals surface area contributed by atoms with Crippen LogP contribution in [0.25, 0.3) is 0 Å². The highest BCUT2D eigenvalue weighted by Gasteiger charge is 2.27. The van der Waals surface area contributed by atoms with E-state index in [9.17, 15) is 13.2 Å². The van der Waals surface area contributed by atoms with Crippen LogP contribution in [0.2, 0.25) is 0 Å². The minimum Gasteiger partial charge on any atom is -0.354 e. The molecule has 0 atom stereocenters. The summed E-state index contributed by atoms with van der Waals surface area (Å²) in [5.74, 6) is -0.0757. The van der Waals surface area contributed by atoms with Crippen LogP contribution in [-0.4, -0.2) is 43.1 Å². The third kappa shape index (κ3) is 3.93. The van der Waals surface area contributed by atoms with Crippen LogP contribution >= 0.6 is 11.3 Å². The molecule has 0 bridgehead atoms. The number of Topliss-reactive ketones (excluding diaryl/α,β-unsaturated/α-hetero) is 1. The van der Waals surface area contributed by atoms with Crippen LogP contribution < -0.4 is 5.32 Å². The summed E-state index contributed by atoms with van der Waals surface area (Å²) >= 11 is 1.63. The number of carbonyl (C=O) groups is 1. The molecule has 144 valence electrons. The van der Waals surface area contributed by atoms with Crippen molar-refractivity contribution in [1.82, 2.24) is 9.29 Å². The Bertz CT molecular complexity index is 906. The number of aromatic nitrogens is 1. The van der Waals surface area contributed by atoms with E-state index < -0.39 is 10.0 Å². The van der Waals surface area contributed by atoms with Gasteiger partial charge in [0.15, 0.2) is 10.9 Å². The van der Waals surface area contributed by atoms with Crippen molar-refractivity contribution in [2.75, 3.05) is 25.0 Å². The van der Waals surface area contributed by atoms with Gasteiger partial charge in [0.05, 0.1) is 17.1 Å². The summed E-state index contributed by atoms with van der Waals surface area (Å²) in [6, 6.07) is 6.26. The standard InChI is InChI=1S/C19H23N3O3S2/c23-17(13-20-19-21-16-5-1-2-6-18(16)26-19)14-7-9-15(10-8-14)27(24,25)22-11-3-4-12-22/h7-10H,1-6,11-13H2,(H,20,21). The van der Waals surface area contributed by atoms with Gasteiger partial charge < -0.3 is 5.32 Å². The van der Waals surface area contributed by atoms with Crippen LogP contribution in [0.5, 0.6) is 0 Å². The first kappa shape index (κ1) is 18.6. The zero-order valence-electron chi connectivity index (χ0n) is 15.1. The maximum Gasteiger partial charge on any atom is 0.243 e. The van der Waals surface area contributed by atoms with Crippen molar-refractivity contribution in [2.24, 2.45) is 0 Å². The fraction of sp³-hybridized carbons (Fsp3) is 0.474. The molecular formula is C19H23N3O3S2. The summed E-state index contributed by atoms with van der Waals surface area (Å²) in [6.45, 7) is 1.31. The molecule has 1 aromatic heterocycles. The number of aryl methyl sites for hydroxylation is 2. The minimum absolute atomic E-state index is 0.0757. The van der Waals surface area contributed by atoms with Gasteiger partial charge in [-0.15, -0.1) is 11.3 Å². The fourth-order valence-electron chi connectivity index (χ4n) is 3.58. The van der Waals surface area contributed by atoms with Crippen molar-refractivity contribution in [3.05, 3.63) is 40.4 Å². The van der Waals surface area contributed by atoms with E-state index in [1.807, 2.05) is 0 Å². The summed E-state index contributed by atoms with van der Waals surface area (Å²) < 4.78 is 26.6. The molecule has 6 nitrogen and oxygen atoms in total. The molecule has 2 aliphatic rings. The smallest absolute Gasteiger partial charge is 0.243 e. The fourth-order valence-corrected chi connectivity index (χ4v) is 6.14. The monoisotopic (exact) mass is 405 g/mol. The topological polar surface area (TPSA) is 79.4 Å². The molecule has 27 heavy (non-hydrogen) atoms. The number of benzene rings is 1. The zero-order chi connectivity index (χ0) is 18.9. The second kappa shape index (κ2) is 7.69. The average Bonchev–Trinajstić information content (AvgIpc) is 3.36. The number of rotatable bonds is 6. The van der Waals surface area contributed by atoms with Crippen LogP contribution in [0.15, 0.2) is 29.2 Å². The number of hydrogen-bond acceptors (Lipinski definition) is 6. The van der Waals surface area contributed by atoms with Gasteiger partial charge in [-0.25, -0.2) is 13.4 Å². The van der Waals surface area contributed by atoms with Gasteiger partial charge in [-0.1, -0.05) is 0 Å². The van der Waals surface area contributed by atoms with Gasteiger partial charge in [0.25, 0.3) is 0 Å². The van der Waals surface area contributed by atoms with E-state index in [4.69, 9.17) is 0 Å². The largest absolute Gasteiger partial charge is 0.354 e. The van der Waals surface area contributed by atoms with E-state index >= 15 is 0 Å². The van der Waals surface area contributed by atoms with Gasteiger partial charge >= 0.3 is 0 Å². The summed E-state index contributed by atoms with van der Waals surface area (Å²) in [7, 11) is -3.44. The van der Waals surface area contributed by atoms with E-state index in [0.29, 0.717) is 18.7 Å². The predicted octanol–water partition coefficient (Wildman–Crippen LogP) is 3.10. The minimum atomic E-state index is -3.44. The Hall–Kier alpha value is -1.77. The van der Waals surface area contributed by atoms with Gasteiger partial charge in [-0.3, -0.25) is 4.79 Å². The molecule has 1 aliphatic heterocycles. The van der Waals surface area contributed by atoms with E-state index in [0.717, 1.165) is 36.5 Å². The Morgan fingerprint density at radius 3 is 2.48 bits per heavy atom. The van der Waals surface area contributed by atoms with Crippen LogP contribution in [0.1, 0.15) is 46.6 Å². The second-order valence-electron chi connectivity index (χ2n) is 7.01. The van der Waals surface area contributed by atoms with Crippen molar-refractivity contribution in [3.63, 3.8) is 0 Å². The lowest BCUT2D eigenvalue weighted by Crippen LogP contribution is -2.27. The van der Waals surface area contributed by atoms with Gasteiger partial charge in [-0.2, -0.15) is 4.31 Å². The molecule has 4 rings (SSSR count). The highest BCUT2D eigenvalue weighted by Crippen LogP contribution is 2.29. The number of sulfonamides is 1. The molecule has 1 aliphatic carbocycles. The first-order valence-electron chi connectivity index (χ1n) is 9.40. The van der Waals surface area contributed by atoms with Crippen molar-refractivity contribution >= 4 is 32.3 Å². The van der Waals surface area contributed by atoms with Gasteiger partial charge in [0.1, 0.15) is 0 Å². The van der Waals surface area contributed by atoms with Crippen LogP contribution in [0.3, 0.4) is 0 Å². The lowest BCUT2D eigenvalue weighted by atomic mass is 10.0. The summed E-state index contributed by atoms with van der Waals surface area (Å²) in [4.78, 5) is 18.6. The van der Waals surface area contributed by atoms with Crippen LogP contribution in [0.4, 0.5) is 5.13 Å². The number of anilines is 1. The number of nitrogens with zero attached hydrogens (tertiary/aromatic N) is 2. The van der Waals surface area contributed by atoms with Crippen LogP contribution in [0, 0.1) is 0 Å². The summed E-state index contributed by atoms with van der Waals surface area (Å²) in [5, 5.41) is 3.92. The van der Waals surface area contributed by atoms with Gasteiger partial charge in [0, 0.05) is 23.5 Å². The molecule has 0 radical (unpaired) electrons.